The number of urea groups is 1. The van der Waals surface area contributed by atoms with Crippen LogP contribution in [0.4, 0.5) is 4.79 Å². The van der Waals surface area contributed by atoms with Gasteiger partial charge in [0.2, 0.25) is 0 Å². The third-order valence-corrected chi connectivity index (χ3v) is 6.32. The first-order valence-electron chi connectivity index (χ1n) is 9.45. The maximum Gasteiger partial charge on any atom is 0.315 e. The number of carbonyl (C=O) groups excluding carboxylic acids is 1. The maximum absolute atomic E-state index is 12.2. The van der Waals surface area contributed by atoms with Crippen LogP contribution in [-0.2, 0) is 4.74 Å². The van der Waals surface area contributed by atoms with E-state index < -0.39 is 0 Å². The molecule has 3 aliphatic carbocycles. The number of nitrogens with zero attached hydrogens (tertiary/aromatic N) is 1. The molecule has 0 bridgehead atoms. The molecule has 1 heterocycles. The van der Waals surface area contributed by atoms with Crippen LogP contribution in [0.1, 0.15) is 46.0 Å². The molecule has 1 aliphatic heterocycles. The Morgan fingerprint density at radius 1 is 1.22 bits per heavy atom. The summed E-state index contributed by atoms with van der Waals surface area (Å²) in [4.78, 5) is 14.8. The molecule has 4 rings (SSSR count). The van der Waals surface area contributed by atoms with Crippen LogP contribution in [0.3, 0.4) is 0 Å². The Bertz CT molecular complexity index is 459. The van der Waals surface area contributed by atoms with Crippen molar-refractivity contribution in [2.24, 2.45) is 17.3 Å². The molecule has 23 heavy (non-hydrogen) atoms. The minimum absolute atomic E-state index is 0.00408. The lowest BCUT2D eigenvalue weighted by Gasteiger charge is -2.54. The third kappa shape index (κ3) is 3.22. The predicted octanol–water partition coefficient (Wildman–Crippen LogP) is 1.97. The Kier molecular flexibility index (Phi) is 4.04. The van der Waals surface area contributed by atoms with Gasteiger partial charge in [0.15, 0.2) is 0 Å². The molecule has 3 saturated carbocycles. The fraction of sp³-hybridized carbons (Fsp3) is 0.944. The number of nitrogens with one attached hydrogen (secondary N) is 2. The molecule has 5 nitrogen and oxygen atoms in total. The van der Waals surface area contributed by atoms with E-state index in [2.05, 4.69) is 29.4 Å². The number of hydrogen-bond acceptors (Lipinski definition) is 3. The van der Waals surface area contributed by atoms with Gasteiger partial charge in [-0.15, -0.1) is 0 Å². The van der Waals surface area contributed by atoms with E-state index in [1.54, 1.807) is 0 Å². The molecule has 2 amide bonds. The lowest BCUT2D eigenvalue weighted by Crippen LogP contribution is -2.67. The molecule has 0 spiro atoms. The molecular formula is C18H31N3O2. The second-order valence-corrected chi connectivity index (χ2v) is 8.61. The van der Waals surface area contributed by atoms with Gasteiger partial charge in [-0.2, -0.15) is 0 Å². The average molecular weight is 321 g/mol. The number of amides is 2. The van der Waals surface area contributed by atoms with Gasteiger partial charge in [-0.05, 0) is 38.0 Å². The van der Waals surface area contributed by atoms with Crippen molar-refractivity contribution in [1.29, 1.82) is 0 Å². The van der Waals surface area contributed by atoms with Crippen LogP contribution in [0.5, 0.6) is 0 Å². The second kappa shape index (κ2) is 5.92. The first-order valence-corrected chi connectivity index (χ1v) is 9.45. The van der Waals surface area contributed by atoms with Crippen LogP contribution in [0, 0.1) is 17.3 Å². The van der Waals surface area contributed by atoms with Crippen molar-refractivity contribution in [3.05, 3.63) is 0 Å². The molecule has 3 atom stereocenters. The molecule has 0 aromatic heterocycles. The first kappa shape index (κ1) is 15.7. The molecule has 3 unspecified atom stereocenters. The number of carbonyl (C=O) groups is 1. The standard InChI is InChI=1S/C18H31N3O2/c1-18(2)15(14-7-10-23-16(14)18)20-17(22)19-8-9-21(13-5-6-13)11-12-3-4-12/h12-16H,3-11H2,1-2H3,(H2,19,20,22). The van der Waals surface area contributed by atoms with Crippen molar-refractivity contribution in [2.45, 2.75) is 64.1 Å². The third-order valence-electron chi connectivity index (χ3n) is 6.32. The Morgan fingerprint density at radius 3 is 2.70 bits per heavy atom. The molecule has 0 aromatic carbocycles. The molecule has 2 N–H and O–H groups in total. The molecule has 130 valence electrons. The fourth-order valence-electron chi connectivity index (χ4n) is 4.62. The van der Waals surface area contributed by atoms with Gasteiger partial charge in [0.1, 0.15) is 0 Å². The maximum atomic E-state index is 12.2. The topological polar surface area (TPSA) is 53.6 Å². The highest BCUT2D eigenvalue weighted by atomic mass is 16.5. The molecule has 1 saturated heterocycles. The highest BCUT2D eigenvalue weighted by molar-refractivity contribution is 5.74. The monoisotopic (exact) mass is 321 g/mol. The summed E-state index contributed by atoms with van der Waals surface area (Å²) < 4.78 is 5.79. The van der Waals surface area contributed by atoms with E-state index in [9.17, 15) is 4.79 Å². The summed E-state index contributed by atoms with van der Waals surface area (Å²) in [5, 5.41) is 6.27. The van der Waals surface area contributed by atoms with Crippen molar-refractivity contribution >= 4 is 6.03 Å². The largest absolute Gasteiger partial charge is 0.377 e. The summed E-state index contributed by atoms with van der Waals surface area (Å²) in [7, 11) is 0. The van der Waals surface area contributed by atoms with E-state index in [1.165, 1.54) is 32.2 Å². The minimum Gasteiger partial charge on any atom is -0.377 e. The number of hydrogen-bond donors (Lipinski definition) is 2. The van der Waals surface area contributed by atoms with Crippen LogP contribution in [-0.4, -0.2) is 55.4 Å². The van der Waals surface area contributed by atoms with Crippen molar-refractivity contribution in [1.82, 2.24) is 15.5 Å². The number of rotatable bonds is 7. The lowest BCUT2D eigenvalue weighted by atomic mass is 9.57. The van der Waals surface area contributed by atoms with Crippen LogP contribution >= 0.6 is 0 Å². The van der Waals surface area contributed by atoms with Crippen LogP contribution < -0.4 is 10.6 Å². The predicted molar refractivity (Wildman–Crippen MR) is 89.3 cm³/mol. The Balaban J connectivity index is 1.19. The van der Waals surface area contributed by atoms with E-state index in [0.29, 0.717) is 12.0 Å². The Labute approximate surface area is 139 Å². The van der Waals surface area contributed by atoms with Crippen LogP contribution in [0.2, 0.25) is 0 Å². The average Bonchev–Trinajstić information content (AvgIpc) is 3.42. The molecule has 0 radical (unpaired) electrons. The van der Waals surface area contributed by atoms with Gasteiger partial charge in [0.25, 0.3) is 0 Å². The van der Waals surface area contributed by atoms with Gasteiger partial charge in [-0.25, -0.2) is 4.79 Å². The van der Waals surface area contributed by atoms with E-state index in [1.807, 2.05) is 0 Å². The summed E-state index contributed by atoms with van der Waals surface area (Å²) >= 11 is 0. The van der Waals surface area contributed by atoms with Gasteiger partial charge in [-0.1, -0.05) is 13.8 Å². The lowest BCUT2D eigenvalue weighted by molar-refractivity contribution is -0.108. The zero-order valence-electron chi connectivity index (χ0n) is 14.5. The van der Waals surface area contributed by atoms with E-state index in [4.69, 9.17) is 4.74 Å². The van der Waals surface area contributed by atoms with Gasteiger partial charge < -0.3 is 15.4 Å². The summed E-state index contributed by atoms with van der Waals surface area (Å²) in [6, 6.07) is 1.04. The number of ether oxygens (including phenoxy) is 1. The van der Waals surface area contributed by atoms with Crippen LogP contribution in [0.25, 0.3) is 0 Å². The van der Waals surface area contributed by atoms with Crippen molar-refractivity contribution < 1.29 is 9.53 Å². The quantitative estimate of drug-likeness (QED) is 0.754. The zero-order valence-corrected chi connectivity index (χ0v) is 14.5. The van der Waals surface area contributed by atoms with E-state index >= 15 is 0 Å². The molecule has 5 heteroatoms. The first-order chi connectivity index (χ1) is 11.1. The van der Waals surface area contributed by atoms with Gasteiger partial charge in [0, 0.05) is 49.7 Å². The highest BCUT2D eigenvalue weighted by Gasteiger charge is 2.59. The zero-order chi connectivity index (χ0) is 16.0. The van der Waals surface area contributed by atoms with Crippen molar-refractivity contribution in [3.8, 4) is 0 Å². The smallest absolute Gasteiger partial charge is 0.315 e. The van der Waals surface area contributed by atoms with E-state index in [0.717, 1.165) is 38.1 Å². The van der Waals surface area contributed by atoms with Gasteiger partial charge in [-0.3, -0.25) is 4.90 Å². The summed E-state index contributed by atoms with van der Waals surface area (Å²) in [5.74, 6) is 1.44. The van der Waals surface area contributed by atoms with E-state index in [-0.39, 0.29) is 17.5 Å². The van der Waals surface area contributed by atoms with Gasteiger partial charge >= 0.3 is 6.03 Å². The van der Waals surface area contributed by atoms with Crippen LogP contribution in [0.15, 0.2) is 0 Å². The molecular weight excluding hydrogens is 290 g/mol. The summed E-state index contributed by atoms with van der Waals surface area (Å²) in [5.41, 5.74) is 0.0600. The summed E-state index contributed by atoms with van der Waals surface area (Å²) in [6.45, 7) is 8.25. The Morgan fingerprint density at radius 2 is 2.00 bits per heavy atom. The Hall–Kier alpha value is -0.810. The molecule has 4 fully saturated rings. The van der Waals surface area contributed by atoms with Gasteiger partial charge in [0.05, 0.1) is 6.10 Å². The van der Waals surface area contributed by atoms with Crippen molar-refractivity contribution in [2.75, 3.05) is 26.2 Å². The normalized spacial score (nSPS) is 34.8. The highest BCUT2D eigenvalue weighted by Crippen LogP contribution is 2.52. The fourth-order valence-corrected chi connectivity index (χ4v) is 4.62. The molecule has 4 aliphatic rings. The minimum atomic E-state index is -0.00408. The SMILES string of the molecule is CC1(C)C(NC(=O)NCCN(CC2CC2)C2CC2)C2CCOC21. The summed E-state index contributed by atoms with van der Waals surface area (Å²) in [6.07, 6.45) is 6.90. The van der Waals surface area contributed by atoms with Crippen molar-refractivity contribution in [3.63, 3.8) is 0 Å². The second-order valence-electron chi connectivity index (χ2n) is 8.61. The molecule has 0 aromatic rings. The number of fused-ring (bicyclic) bond motifs is 1.